The molecule has 0 atom stereocenters. The van der Waals surface area contributed by atoms with E-state index in [1.54, 1.807) is 7.11 Å². The summed E-state index contributed by atoms with van der Waals surface area (Å²) in [4.78, 5) is 26.7. The average molecular weight is 396 g/mol. The molecule has 154 valence electrons. The molecular weight excluding hydrogens is 366 g/mol. The van der Waals surface area contributed by atoms with Crippen LogP contribution in [0.25, 0.3) is 0 Å². The number of methoxy groups -OCH3 is 1. The van der Waals surface area contributed by atoms with Crippen molar-refractivity contribution in [2.75, 3.05) is 18.6 Å². The van der Waals surface area contributed by atoms with Gasteiger partial charge in [0.1, 0.15) is 5.75 Å². The van der Waals surface area contributed by atoms with Gasteiger partial charge in [-0.05, 0) is 42.7 Å². The van der Waals surface area contributed by atoms with Gasteiger partial charge in [0.25, 0.3) is 0 Å². The Morgan fingerprint density at radius 3 is 2.34 bits per heavy atom. The van der Waals surface area contributed by atoms with Gasteiger partial charge >= 0.3 is 6.03 Å². The zero-order valence-corrected chi connectivity index (χ0v) is 16.9. The van der Waals surface area contributed by atoms with E-state index in [0.29, 0.717) is 6.54 Å². The SMILES string of the molecule is COc1ccc(N(CC(=O)NC(=O)NC2CCCCC2)Cc2ccccc2)cc1. The number of anilines is 1. The molecule has 0 unspecified atom stereocenters. The molecule has 0 heterocycles. The first kappa shape index (κ1) is 20.7. The molecule has 1 aliphatic rings. The van der Waals surface area contributed by atoms with Crippen LogP contribution in [-0.2, 0) is 11.3 Å². The molecule has 0 radical (unpaired) electrons. The first-order chi connectivity index (χ1) is 14.1. The molecule has 6 nitrogen and oxygen atoms in total. The van der Waals surface area contributed by atoms with Crippen molar-refractivity contribution in [3.8, 4) is 5.75 Å². The van der Waals surface area contributed by atoms with Crippen LogP contribution in [0.5, 0.6) is 5.75 Å². The Hall–Kier alpha value is -3.02. The van der Waals surface area contributed by atoms with Crippen LogP contribution >= 0.6 is 0 Å². The Kier molecular flexibility index (Phi) is 7.50. The van der Waals surface area contributed by atoms with Crippen molar-refractivity contribution < 1.29 is 14.3 Å². The maximum Gasteiger partial charge on any atom is 0.321 e. The molecule has 2 aromatic carbocycles. The Morgan fingerprint density at radius 1 is 1.00 bits per heavy atom. The summed E-state index contributed by atoms with van der Waals surface area (Å²) >= 11 is 0. The number of urea groups is 1. The van der Waals surface area contributed by atoms with E-state index in [4.69, 9.17) is 4.74 Å². The van der Waals surface area contributed by atoms with Crippen LogP contribution in [0.4, 0.5) is 10.5 Å². The molecule has 1 saturated carbocycles. The van der Waals surface area contributed by atoms with E-state index >= 15 is 0 Å². The molecule has 1 fully saturated rings. The van der Waals surface area contributed by atoms with Crippen molar-refractivity contribution >= 4 is 17.6 Å². The standard InChI is InChI=1S/C23H29N3O3/c1-29-21-14-12-20(13-15-21)26(16-18-8-4-2-5-9-18)17-22(27)25-23(28)24-19-10-6-3-7-11-19/h2,4-5,8-9,12-15,19H,3,6-7,10-11,16-17H2,1H3,(H2,24,25,27,28). The molecular formula is C23H29N3O3. The zero-order valence-electron chi connectivity index (χ0n) is 16.9. The van der Waals surface area contributed by atoms with Crippen LogP contribution < -0.4 is 20.3 Å². The van der Waals surface area contributed by atoms with Crippen LogP contribution in [0.2, 0.25) is 0 Å². The Balaban J connectivity index is 1.63. The van der Waals surface area contributed by atoms with Crippen molar-refractivity contribution in [3.05, 3.63) is 60.2 Å². The van der Waals surface area contributed by atoms with Crippen molar-refractivity contribution in [1.82, 2.24) is 10.6 Å². The molecule has 0 saturated heterocycles. The van der Waals surface area contributed by atoms with E-state index in [1.807, 2.05) is 59.5 Å². The molecule has 2 aromatic rings. The summed E-state index contributed by atoms with van der Waals surface area (Å²) < 4.78 is 5.22. The van der Waals surface area contributed by atoms with Gasteiger partial charge in [-0.15, -0.1) is 0 Å². The molecule has 2 N–H and O–H groups in total. The summed E-state index contributed by atoms with van der Waals surface area (Å²) in [6.45, 7) is 0.643. The monoisotopic (exact) mass is 395 g/mol. The van der Waals surface area contributed by atoms with E-state index in [2.05, 4.69) is 10.6 Å². The molecule has 0 aliphatic heterocycles. The predicted molar refractivity (Wildman–Crippen MR) is 114 cm³/mol. The smallest absolute Gasteiger partial charge is 0.321 e. The fourth-order valence-corrected chi connectivity index (χ4v) is 3.64. The summed E-state index contributed by atoms with van der Waals surface area (Å²) in [5.41, 5.74) is 1.97. The summed E-state index contributed by atoms with van der Waals surface area (Å²) in [5.74, 6) is 0.426. The van der Waals surface area contributed by atoms with Gasteiger partial charge in [-0.2, -0.15) is 0 Å². The number of carbonyl (C=O) groups excluding carboxylic acids is 2. The third kappa shape index (κ3) is 6.52. The Bertz CT molecular complexity index is 787. The second kappa shape index (κ2) is 10.5. The van der Waals surface area contributed by atoms with Crippen LogP contribution in [-0.4, -0.2) is 31.6 Å². The van der Waals surface area contributed by atoms with E-state index < -0.39 is 6.03 Å². The summed E-state index contributed by atoms with van der Waals surface area (Å²) in [6, 6.07) is 17.3. The Morgan fingerprint density at radius 2 is 1.69 bits per heavy atom. The van der Waals surface area contributed by atoms with Crippen molar-refractivity contribution in [2.24, 2.45) is 0 Å². The van der Waals surface area contributed by atoms with Crippen LogP contribution in [0.3, 0.4) is 0 Å². The fraction of sp³-hybridized carbons (Fsp3) is 0.391. The average Bonchev–Trinajstić information content (AvgIpc) is 2.74. The lowest BCUT2D eigenvalue weighted by Crippen LogP contribution is -2.48. The number of imide groups is 1. The fourth-order valence-electron chi connectivity index (χ4n) is 3.64. The quantitative estimate of drug-likeness (QED) is 0.747. The largest absolute Gasteiger partial charge is 0.497 e. The molecule has 6 heteroatoms. The van der Waals surface area contributed by atoms with Gasteiger partial charge in [-0.25, -0.2) is 4.79 Å². The molecule has 29 heavy (non-hydrogen) atoms. The van der Waals surface area contributed by atoms with Crippen molar-refractivity contribution in [2.45, 2.75) is 44.7 Å². The topological polar surface area (TPSA) is 70.7 Å². The zero-order chi connectivity index (χ0) is 20.5. The third-order valence-corrected chi connectivity index (χ3v) is 5.18. The van der Waals surface area contributed by atoms with Gasteiger partial charge in [0, 0.05) is 18.3 Å². The minimum Gasteiger partial charge on any atom is -0.497 e. The molecule has 0 spiro atoms. The number of nitrogens with one attached hydrogen (secondary N) is 2. The predicted octanol–water partition coefficient (Wildman–Crippen LogP) is 3.86. The lowest BCUT2D eigenvalue weighted by Gasteiger charge is -2.25. The van der Waals surface area contributed by atoms with E-state index in [1.165, 1.54) is 6.42 Å². The second-order valence-electron chi connectivity index (χ2n) is 7.40. The lowest BCUT2D eigenvalue weighted by atomic mass is 9.96. The molecule has 3 amide bonds. The number of rotatable bonds is 7. The van der Waals surface area contributed by atoms with E-state index in [-0.39, 0.29) is 18.5 Å². The maximum atomic E-state index is 12.6. The first-order valence-electron chi connectivity index (χ1n) is 10.2. The van der Waals surface area contributed by atoms with E-state index in [0.717, 1.165) is 42.7 Å². The van der Waals surface area contributed by atoms with Crippen LogP contribution in [0.15, 0.2) is 54.6 Å². The highest BCUT2D eigenvalue weighted by atomic mass is 16.5. The minimum absolute atomic E-state index is 0.0826. The van der Waals surface area contributed by atoms with Crippen molar-refractivity contribution in [1.29, 1.82) is 0 Å². The second-order valence-corrected chi connectivity index (χ2v) is 7.40. The summed E-state index contributed by atoms with van der Waals surface area (Å²) in [5, 5.41) is 5.40. The molecule has 0 aromatic heterocycles. The first-order valence-corrected chi connectivity index (χ1v) is 10.2. The maximum absolute atomic E-state index is 12.6. The molecule has 3 rings (SSSR count). The normalized spacial score (nSPS) is 14.1. The number of hydrogen-bond donors (Lipinski definition) is 2. The highest BCUT2D eigenvalue weighted by Gasteiger charge is 2.18. The van der Waals surface area contributed by atoms with Gasteiger partial charge in [-0.1, -0.05) is 49.6 Å². The Labute approximate surface area is 172 Å². The van der Waals surface area contributed by atoms with Crippen LogP contribution in [0, 0.1) is 0 Å². The third-order valence-electron chi connectivity index (χ3n) is 5.18. The number of hydrogen-bond acceptors (Lipinski definition) is 4. The molecule has 1 aliphatic carbocycles. The van der Waals surface area contributed by atoms with Gasteiger partial charge in [0.15, 0.2) is 0 Å². The number of ether oxygens (including phenoxy) is 1. The lowest BCUT2D eigenvalue weighted by molar-refractivity contribution is -0.118. The summed E-state index contributed by atoms with van der Waals surface area (Å²) in [6.07, 6.45) is 5.43. The van der Waals surface area contributed by atoms with Crippen molar-refractivity contribution in [3.63, 3.8) is 0 Å². The van der Waals surface area contributed by atoms with E-state index in [9.17, 15) is 9.59 Å². The highest BCUT2D eigenvalue weighted by molar-refractivity contribution is 5.96. The number of amides is 3. The molecule has 0 bridgehead atoms. The van der Waals surface area contributed by atoms with Gasteiger partial charge in [-0.3, -0.25) is 10.1 Å². The van der Waals surface area contributed by atoms with Gasteiger partial charge in [0.2, 0.25) is 5.91 Å². The minimum atomic E-state index is -0.406. The van der Waals surface area contributed by atoms with Crippen LogP contribution in [0.1, 0.15) is 37.7 Å². The number of benzene rings is 2. The highest BCUT2D eigenvalue weighted by Crippen LogP contribution is 2.21. The van der Waals surface area contributed by atoms with Gasteiger partial charge < -0.3 is 15.0 Å². The number of nitrogens with zero attached hydrogens (tertiary/aromatic N) is 1. The van der Waals surface area contributed by atoms with Gasteiger partial charge in [0.05, 0.1) is 13.7 Å². The number of carbonyl (C=O) groups is 2. The summed E-state index contributed by atoms with van der Waals surface area (Å²) in [7, 11) is 1.62.